The third-order valence-electron chi connectivity index (χ3n) is 4.69. The highest BCUT2D eigenvalue weighted by molar-refractivity contribution is 7.10. The maximum atomic E-state index is 12.8. The maximum Gasteiger partial charge on any atom is 0.226 e. The Morgan fingerprint density at radius 3 is 3.00 bits per heavy atom. The Hall–Kier alpha value is -0.870. The van der Waals surface area contributed by atoms with Crippen molar-refractivity contribution in [2.75, 3.05) is 13.1 Å². The zero-order valence-corrected chi connectivity index (χ0v) is 12.1. The molecule has 1 aromatic rings. The molecule has 0 bridgehead atoms. The third kappa shape index (κ3) is 2.43. The number of nitrogens with zero attached hydrogens (tertiary/aromatic N) is 1. The van der Waals surface area contributed by atoms with E-state index in [9.17, 15) is 4.79 Å². The number of rotatable bonds is 3. The fourth-order valence-electron chi connectivity index (χ4n) is 3.66. The Balaban J connectivity index is 1.75. The summed E-state index contributed by atoms with van der Waals surface area (Å²) in [7, 11) is 0. The minimum atomic E-state index is 0.186. The number of carbonyl (C=O) groups excluding carboxylic acids is 1. The van der Waals surface area contributed by atoms with Crippen LogP contribution in [0, 0.1) is 11.8 Å². The SMILES string of the molecule is NC[C@H]1CCC[C@H]1C(=O)N1CCCC1c1cccs1. The molecule has 0 radical (unpaired) electrons. The van der Waals surface area contributed by atoms with Crippen molar-refractivity contribution in [2.24, 2.45) is 17.6 Å². The number of thiophene rings is 1. The molecule has 1 amide bonds. The molecule has 19 heavy (non-hydrogen) atoms. The van der Waals surface area contributed by atoms with Gasteiger partial charge < -0.3 is 10.6 Å². The summed E-state index contributed by atoms with van der Waals surface area (Å²) in [4.78, 5) is 16.3. The molecule has 1 aromatic heterocycles. The van der Waals surface area contributed by atoms with E-state index in [4.69, 9.17) is 5.73 Å². The fourth-order valence-corrected chi connectivity index (χ4v) is 4.54. The van der Waals surface area contributed by atoms with Crippen LogP contribution >= 0.6 is 11.3 Å². The zero-order chi connectivity index (χ0) is 13.2. The lowest BCUT2D eigenvalue weighted by Gasteiger charge is -2.29. The monoisotopic (exact) mass is 278 g/mol. The molecule has 1 saturated carbocycles. The largest absolute Gasteiger partial charge is 0.335 e. The van der Waals surface area contributed by atoms with Crippen molar-refractivity contribution in [3.8, 4) is 0 Å². The summed E-state index contributed by atoms with van der Waals surface area (Å²) in [6.07, 6.45) is 5.58. The van der Waals surface area contributed by atoms with Crippen LogP contribution in [0.15, 0.2) is 17.5 Å². The lowest BCUT2D eigenvalue weighted by molar-refractivity contribution is -0.137. The van der Waals surface area contributed by atoms with Crippen molar-refractivity contribution in [1.82, 2.24) is 4.90 Å². The molecule has 3 atom stereocenters. The third-order valence-corrected chi connectivity index (χ3v) is 5.66. The number of nitrogens with two attached hydrogens (primary N) is 1. The molecule has 1 aliphatic carbocycles. The first kappa shape index (κ1) is 13.1. The average Bonchev–Trinajstić information content (AvgIpc) is 3.16. The van der Waals surface area contributed by atoms with E-state index in [1.165, 1.54) is 4.88 Å². The van der Waals surface area contributed by atoms with Gasteiger partial charge in [-0.15, -0.1) is 11.3 Å². The average molecular weight is 278 g/mol. The van der Waals surface area contributed by atoms with Crippen molar-refractivity contribution in [2.45, 2.75) is 38.1 Å². The van der Waals surface area contributed by atoms with Gasteiger partial charge >= 0.3 is 0 Å². The van der Waals surface area contributed by atoms with E-state index in [0.717, 1.165) is 38.6 Å². The van der Waals surface area contributed by atoms with Crippen LogP contribution in [0.2, 0.25) is 0 Å². The quantitative estimate of drug-likeness (QED) is 0.924. The van der Waals surface area contributed by atoms with Crippen LogP contribution in [-0.2, 0) is 4.79 Å². The lowest BCUT2D eigenvalue weighted by atomic mass is 9.94. The number of carbonyl (C=O) groups is 1. The number of hydrogen-bond acceptors (Lipinski definition) is 3. The van der Waals surface area contributed by atoms with Crippen molar-refractivity contribution >= 4 is 17.2 Å². The van der Waals surface area contributed by atoms with Crippen molar-refractivity contribution in [3.63, 3.8) is 0 Å². The van der Waals surface area contributed by atoms with Gasteiger partial charge in [0.25, 0.3) is 0 Å². The molecule has 4 heteroatoms. The minimum Gasteiger partial charge on any atom is -0.335 e. The van der Waals surface area contributed by atoms with Crippen molar-refractivity contribution in [3.05, 3.63) is 22.4 Å². The number of hydrogen-bond donors (Lipinski definition) is 1. The topological polar surface area (TPSA) is 46.3 Å². The molecule has 2 fully saturated rings. The first-order valence-corrected chi connectivity index (χ1v) is 8.23. The molecule has 3 nitrogen and oxygen atoms in total. The second-order valence-electron chi connectivity index (χ2n) is 5.74. The highest BCUT2D eigenvalue weighted by Crippen LogP contribution is 2.39. The van der Waals surface area contributed by atoms with Gasteiger partial charge in [-0.1, -0.05) is 12.5 Å². The van der Waals surface area contributed by atoms with Gasteiger partial charge in [0.05, 0.1) is 6.04 Å². The van der Waals surface area contributed by atoms with Gasteiger partial charge in [0.15, 0.2) is 0 Å². The minimum absolute atomic E-state index is 0.186. The predicted octanol–water partition coefficient (Wildman–Crippen LogP) is 2.79. The maximum absolute atomic E-state index is 12.8. The Morgan fingerprint density at radius 2 is 2.26 bits per heavy atom. The highest BCUT2D eigenvalue weighted by atomic mass is 32.1. The van der Waals surface area contributed by atoms with E-state index < -0.39 is 0 Å². The Kier molecular flexibility index (Phi) is 3.89. The van der Waals surface area contributed by atoms with Gasteiger partial charge in [-0.25, -0.2) is 0 Å². The predicted molar refractivity (Wildman–Crippen MR) is 77.9 cm³/mol. The molecule has 1 saturated heterocycles. The molecule has 2 N–H and O–H groups in total. The van der Waals surface area contributed by atoms with E-state index in [2.05, 4.69) is 22.4 Å². The summed E-state index contributed by atoms with van der Waals surface area (Å²) in [5.41, 5.74) is 5.82. The standard InChI is InChI=1S/C15H22N2OS/c16-10-11-4-1-5-12(11)15(18)17-8-2-6-13(17)14-7-3-9-19-14/h3,7,9,11-13H,1-2,4-6,8,10,16H2/t11-,12-,13?/m1/s1. The zero-order valence-electron chi connectivity index (χ0n) is 11.3. The summed E-state index contributed by atoms with van der Waals surface area (Å²) in [6.45, 7) is 1.59. The molecule has 3 rings (SSSR count). The van der Waals surface area contributed by atoms with Gasteiger partial charge in [-0.3, -0.25) is 4.79 Å². The first-order valence-electron chi connectivity index (χ1n) is 7.35. The van der Waals surface area contributed by atoms with Gasteiger partial charge in [0.1, 0.15) is 0 Å². The van der Waals surface area contributed by atoms with E-state index in [0.29, 0.717) is 24.4 Å². The van der Waals surface area contributed by atoms with Crippen LogP contribution in [0.25, 0.3) is 0 Å². The second-order valence-corrected chi connectivity index (χ2v) is 6.72. The summed E-state index contributed by atoms with van der Waals surface area (Å²) in [5.74, 6) is 0.964. The lowest BCUT2D eigenvalue weighted by Crippen LogP contribution is -2.38. The molecule has 2 heterocycles. The van der Waals surface area contributed by atoms with Crippen LogP contribution in [0.4, 0.5) is 0 Å². The Bertz CT molecular complexity index is 431. The normalized spacial score (nSPS) is 31.0. The smallest absolute Gasteiger partial charge is 0.226 e. The van der Waals surface area contributed by atoms with Gasteiger partial charge in [-0.2, -0.15) is 0 Å². The highest BCUT2D eigenvalue weighted by Gasteiger charge is 2.39. The van der Waals surface area contributed by atoms with E-state index in [1.54, 1.807) is 11.3 Å². The van der Waals surface area contributed by atoms with Gasteiger partial charge in [0, 0.05) is 17.3 Å². The van der Waals surface area contributed by atoms with Crippen molar-refractivity contribution < 1.29 is 4.79 Å². The van der Waals surface area contributed by atoms with Crippen LogP contribution < -0.4 is 5.73 Å². The molecule has 2 aliphatic rings. The Morgan fingerprint density at radius 1 is 1.37 bits per heavy atom. The van der Waals surface area contributed by atoms with E-state index >= 15 is 0 Å². The summed E-state index contributed by atoms with van der Waals surface area (Å²) in [6, 6.07) is 4.57. The summed E-state index contributed by atoms with van der Waals surface area (Å²) >= 11 is 1.77. The number of amides is 1. The van der Waals surface area contributed by atoms with Crippen LogP contribution in [0.3, 0.4) is 0 Å². The molecule has 104 valence electrons. The molecule has 1 unspecified atom stereocenters. The van der Waals surface area contributed by atoms with Crippen molar-refractivity contribution in [1.29, 1.82) is 0 Å². The Labute approximate surface area is 118 Å². The van der Waals surface area contributed by atoms with E-state index in [-0.39, 0.29) is 5.92 Å². The van der Waals surface area contributed by atoms with Crippen LogP contribution in [-0.4, -0.2) is 23.9 Å². The molecule has 0 spiro atoms. The first-order chi connectivity index (χ1) is 9.31. The van der Waals surface area contributed by atoms with Crippen LogP contribution in [0.5, 0.6) is 0 Å². The molecular weight excluding hydrogens is 256 g/mol. The fraction of sp³-hybridized carbons (Fsp3) is 0.667. The molecule has 0 aromatic carbocycles. The molecule has 1 aliphatic heterocycles. The second kappa shape index (κ2) is 5.63. The van der Waals surface area contributed by atoms with Gasteiger partial charge in [0.2, 0.25) is 5.91 Å². The number of likely N-dealkylation sites (tertiary alicyclic amines) is 1. The van der Waals surface area contributed by atoms with Gasteiger partial charge in [-0.05, 0) is 49.6 Å². The summed E-state index contributed by atoms with van der Waals surface area (Å²) < 4.78 is 0. The van der Waals surface area contributed by atoms with E-state index in [1.807, 2.05) is 0 Å². The summed E-state index contributed by atoms with van der Waals surface area (Å²) in [5, 5.41) is 2.11. The molecular formula is C15H22N2OS. The van der Waals surface area contributed by atoms with Crippen LogP contribution in [0.1, 0.15) is 43.0 Å².